The Hall–Kier alpha value is -3.79. The van der Waals surface area contributed by atoms with Gasteiger partial charge in [0, 0.05) is 11.7 Å². The molecule has 2 aromatic rings. The summed E-state index contributed by atoms with van der Waals surface area (Å²) in [6, 6.07) is 11.5. The molecule has 2 aromatic carbocycles. The van der Waals surface area contributed by atoms with E-state index >= 15 is 0 Å². The van der Waals surface area contributed by atoms with Crippen molar-refractivity contribution in [1.82, 2.24) is 10.2 Å². The number of terminal acetylenes is 1. The summed E-state index contributed by atoms with van der Waals surface area (Å²) in [7, 11) is 0. The molecule has 198 valence electrons. The maximum absolute atomic E-state index is 13.8. The number of aryl methyl sites for hydroxylation is 4. The molecule has 0 saturated carbocycles. The van der Waals surface area contributed by atoms with Gasteiger partial charge in [-0.1, -0.05) is 56.7 Å². The van der Waals surface area contributed by atoms with E-state index in [2.05, 4.69) is 16.7 Å². The van der Waals surface area contributed by atoms with E-state index in [9.17, 15) is 14.4 Å². The molecule has 0 aliphatic rings. The van der Waals surface area contributed by atoms with Gasteiger partial charge < -0.3 is 15.4 Å². The van der Waals surface area contributed by atoms with Crippen LogP contribution in [0.2, 0.25) is 0 Å². The molecule has 2 atom stereocenters. The number of rotatable bonds is 7. The predicted molar refractivity (Wildman–Crippen MR) is 147 cm³/mol. The zero-order valence-corrected chi connectivity index (χ0v) is 23.4. The van der Waals surface area contributed by atoms with Crippen molar-refractivity contribution in [1.29, 1.82) is 0 Å². The molecule has 2 N–H and O–H groups in total. The Labute approximate surface area is 221 Å². The summed E-state index contributed by atoms with van der Waals surface area (Å²) >= 11 is 0. The van der Waals surface area contributed by atoms with E-state index in [0.717, 1.165) is 27.2 Å². The van der Waals surface area contributed by atoms with Gasteiger partial charge in [-0.2, -0.15) is 0 Å². The zero-order chi connectivity index (χ0) is 28.1. The average molecular weight is 506 g/mol. The largest absolute Gasteiger partial charge is 0.444 e. The number of alkyl carbamates (subject to hydrolysis) is 1. The van der Waals surface area contributed by atoms with Gasteiger partial charge in [0.1, 0.15) is 17.7 Å². The Morgan fingerprint density at radius 2 is 1.54 bits per heavy atom. The lowest BCUT2D eigenvalue weighted by Gasteiger charge is -2.32. The molecule has 2 rings (SSSR count). The van der Waals surface area contributed by atoms with Crippen LogP contribution >= 0.6 is 0 Å². The van der Waals surface area contributed by atoms with Crippen molar-refractivity contribution in [2.24, 2.45) is 5.92 Å². The molecule has 0 bridgehead atoms. The number of ether oxygens (including phenoxy) is 1. The minimum atomic E-state index is -1.13. The number of benzene rings is 2. The smallest absolute Gasteiger partial charge is 0.408 e. The minimum Gasteiger partial charge on any atom is -0.444 e. The molecule has 0 fully saturated rings. The monoisotopic (exact) mass is 505 g/mol. The molecule has 0 aliphatic heterocycles. The molecule has 7 heteroatoms. The topological polar surface area (TPSA) is 87.7 Å². The van der Waals surface area contributed by atoms with Gasteiger partial charge in [-0.25, -0.2) is 4.79 Å². The molecule has 37 heavy (non-hydrogen) atoms. The lowest BCUT2D eigenvalue weighted by Crippen LogP contribution is -2.53. The van der Waals surface area contributed by atoms with Crippen LogP contribution in [0.15, 0.2) is 36.4 Å². The second-order valence-corrected chi connectivity index (χ2v) is 10.7. The number of anilines is 1. The molecular formula is C30H39N3O4. The van der Waals surface area contributed by atoms with Crippen molar-refractivity contribution in [3.05, 3.63) is 64.2 Å². The van der Waals surface area contributed by atoms with Gasteiger partial charge in [0.05, 0.1) is 0 Å². The average Bonchev–Trinajstić information content (AvgIpc) is 2.78. The highest BCUT2D eigenvalue weighted by Gasteiger charge is 2.37. The Morgan fingerprint density at radius 1 is 0.946 bits per heavy atom. The first kappa shape index (κ1) is 29.4. The minimum absolute atomic E-state index is 0.321. The lowest BCUT2D eigenvalue weighted by atomic mass is 9.96. The first-order chi connectivity index (χ1) is 17.2. The number of para-hydroxylation sites is 1. The molecule has 0 spiro atoms. The van der Waals surface area contributed by atoms with Gasteiger partial charge in [0.15, 0.2) is 0 Å². The van der Waals surface area contributed by atoms with Gasteiger partial charge in [-0.3, -0.25) is 14.5 Å². The predicted octanol–water partition coefficient (Wildman–Crippen LogP) is 5.57. The Bertz CT molecular complexity index is 1180. The van der Waals surface area contributed by atoms with E-state index in [0.29, 0.717) is 11.3 Å². The van der Waals surface area contributed by atoms with Gasteiger partial charge in [-0.05, 0) is 82.2 Å². The molecule has 7 nitrogen and oxygen atoms in total. The Morgan fingerprint density at radius 3 is 2.03 bits per heavy atom. The number of hydrogen-bond donors (Lipinski definition) is 2. The van der Waals surface area contributed by atoms with E-state index in [4.69, 9.17) is 11.2 Å². The van der Waals surface area contributed by atoms with E-state index in [1.807, 2.05) is 58.0 Å². The van der Waals surface area contributed by atoms with E-state index < -0.39 is 35.6 Å². The molecule has 0 aliphatic carbocycles. The lowest BCUT2D eigenvalue weighted by molar-refractivity contribution is -0.137. The summed E-state index contributed by atoms with van der Waals surface area (Å²) in [5.74, 6) is -1.35. The highest BCUT2D eigenvalue weighted by Crippen LogP contribution is 2.28. The van der Waals surface area contributed by atoms with Crippen molar-refractivity contribution in [2.45, 2.75) is 80.0 Å². The summed E-state index contributed by atoms with van der Waals surface area (Å²) in [4.78, 5) is 41.2. The Balaban J connectivity index is 2.53. The molecule has 0 radical (unpaired) electrons. The number of hydrogen-bond acceptors (Lipinski definition) is 4. The summed E-state index contributed by atoms with van der Waals surface area (Å²) < 4.78 is 5.36. The van der Waals surface area contributed by atoms with Crippen LogP contribution in [0.4, 0.5) is 10.5 Å². The second-order valence-electron chi connectivity index (χ2n) is 10.7. The quantitative estimate of drug-likeness (QED) is 0.380. The molecular weight excluding hydrogens is 466 g/mol. The van der Waals surface area contributed by atoms with Crippen molar-refractivity contribution in [2.75, 3.05) is 5.32 Å². The van der Waals surface area contributed by atoms with Gasteiger partial charge in [-0.15, -0.1) is 0 Å². The van der Waals surface area contributed by atoms with Crippen molar-refractivity contribution < 1.29 is 19.1 Å². The van der Waals surface area contributed by atoms with E-state index in [1.165, 1.54) is 0 Å². The highest BCUT2D eigenvalue weighted by atomic mass is 16.6. The van der Waals surface area contributed by atoms with Crippen molar-refractivity contribution >= 4 is 23.6 Å². The maximum Gasteiger partial charge on any atom is 0.408 e. The van der Waals surface area contributed by atoms with Crippen LogP contribution in [-0.2, 0) is 14.3 Å². The van der Waals surface area contributed by atoms with Crippen molar-refractivity contribution in [3.63, 3.8) is 0 Å². The van der Waals surface area contributed by atoms with E-state index in [-0.39, 0.29) is 5.92 Å². The van der Waals surface area contributed by atoms with Gasteiger partial charge >= 0.3 is 6.09 Å². The number of carbonyl (C=O) groups is 3. The fourth-order valence-corrected chi connectivity index (χ4v) is 3.92. The van der Waals surface area contributed by atoms with Gasteiger partial charge in [0.25, 0.3) is 11.8 Å². The standard InChI is InChI=1S/C30H39N3O4/c1-11-33(28(35)24(18(2)3)32-29(36)37-30(8,9)10)26(23-16-15-19(4)22(7)17-23)27(34)31-25-20(5)13-12-14-21(25)6/h1,12-18,24,26H,2-10H3,(H,31,34)(H,32,36). The number of nitrogens with zero attached hydrogens (tertiary/aromatic N) is 1. The number of amides is 3. The number of carbonyl (C=O) groups excluding carboxylic acids is 3. The summed E-state index contributed by atoms with van der Waals surface area (Å²) in [6.07, 6.45) is 5.14. The highest BCUT2D eigenvalue weighted by molar-refractivity contribution is 6.00. The molecule has 0 aromatic heterocycles. The third kappa shape index (κ3) is 7.60. The first-order valence-electron chi connectivity index (χ1n) is 12.4. The third-order valence-electron chi connectivity index (χ3n) is 6.06. The van der Waals surface area contributed by atoms with Gasteiger partial charge in [0.2, 0.25) is 0 Å². The molecule has 0 heterocycles. The normalized spacial score (nSPS) is 12.8. The van der Waals surface area contributed by atoms with Crippen LogP contribution < -0.4 is 10.6 Å². The second kappa shape index (κ2) is 12.0. The fourth-order valence-electron chi connectivity index (χ4n) is 3.92. The maximum atomic E-state index is 13.8. The summed E-state index contributed by atoms with van der Waals surface area (Å²) in [5.41, 5.74) is 4.26. The zero-order valence-electron chi connectivity index (χ0n) is 23.4. The Kier molecular flexibility index (Phi) is 9.52. The molecule has 2 unspecified atom stereocenters. The number of nitrogens with one attached hydrogen (secondary N) is 2. The van der Waals surface area contributed by atoms with Crippen LogP contribution in [0, 0.1) is 46.1 Å². The van der Waals surface area contributed by atoms with Crippen LogP contribution in [0.1, 0.15) is 68.5 Å². The van der Waals surface area contributed by atoms with Crippen LogP contribution in [0.5, 0.6) is 0 Å². The van der Waals surface area contributed by atoms with Crippen LogP contribution in [0.3, 0.4) is 0 Å². The fraction of sp³-hybridized carbons (Fsp3) is 0.433. The molecule has 3 amide bonds. The van der Waals surface area contributed by atoms with Crippen molar-refractivity contribution in [3.8, 4) is 12.5 Å². The van der Waals surface area contributed by atoms with Crippen LogP contribution in [0.25, 0.3) is 0 Å². The summed E-state index contributed by atoms with van der Waals surface area (Å²) in [5, 5.41) is 5.62. The summed E-state index contributed by atoms with van der Waals surface area (Å²) in [6.45, 7) is 16.5. The van der Waals surface area contributed by atoms with Crippen LogP contribution in [-0.4, -0.2) is 34.5 Å². The van der Waals surface area contributed by atoms with E-state index in [1.54, 1.807) is 40.7 Å². The SMILES string of the molecule is C#CN(C(=O)C(NC(=O)OC(C)(C)C)C(C)C)C(C(=O)Nc1c(C)cccc1C)c1ccc(C)c(C)c1. The first-order valence-corrected chi connectivity index (χ1v) is 12.4. The third-order valence-corrected chi connectivity index (χ3v) is 6.06. The molecule has 0 saturated heterocycles.